The first-order valence-electron chi connectivity index (χ1n) is 5.30. The molecule has 0 aromatic heterocycles. The van der Waals surface area contributed by atoms with Crippen molar-refractivity contribution in [3.8, 4) is 0 Å². The van der Waals surface area contributed by atoms with E-state index in [1.807, 2.05) is 33.3 Å². The molecule has 4 nitrogen and oxygen atoms in total. The fraction of sp³-hybridized carbons (Fsp3) is 0.455. The first-order chi connectivity index (χ1) is 8.74. The average Bonchev–Trinajstić information content (AvgIpc) is 2.17. The zero-order chi connectivity index (χ0) is 16.2. The van der Waals surface area contributed by atoms with Crippen molar-refractivity contribution in [2.75, 3.05) is 21.1 Å². The van der Waals surface area contributed by atoms with Crippen LogP contribution in [0.15, 0.2) is 24.3 Å². The van der Waals surface area contributed by atoms with Gasteiger partial charge in [-0.15, -0.1) is 0 Å². The van der Waals surface area contributed by atoms with E-state index >= 15 is 0 Å². The van der Waals surface area contributed by atoms with Crippen LogP contribution in [0.5, 0.6) is 0 Å². The molecule has 0 aliphatic heterocycles. The highest BCUT2D eigenvalue weighted by atomic mass is 32.2. The van der Waals surface area contributed by atoms with Crippen LogP contribution in [0.25, 0.3) is 0 Å². The quantitative estimate of drug-likeness (QED) is 0.363. The summed E-state index contributed by atoms with van der Waals surface area (Å²) in [6.07, 6.45) is 0. The van der Waals surface area contributed by atoms with Crippen LogP contribution in [0.2, 0.25) is 0 Å². The largest absolute Gasteiger partial charge is 0.741 e. The van der Waals surface area contributed by atoms with Gasteiger partial charge in [-0.25, -0.2) is 12.8 Å². The van der Waals surface area contributed by atoms with E-state index in [1.165, 1.54) is 6.07 Å². The Kier molecular flexibility index (Phi) is 6.12. The molecular weight excluding hydrogens is 302 g/mol. The summed E-state index contributed by atoms with van der Waals surface area (Å²) in [5, 5.41) is 0. The van der Waals surface area contributed by atoms with Crippen molar-refractivity contribution < 1.29 is 35.0 Å². The van der Waals surface area contributed by atoms with E-state index in [4.69, 9.17) is 13.0 Å². The summed E-state index contributed by atoms with van der Waals surface area (Å²) in [6.45, 7) is 0.729. The van der Waals surface area contributed by atoms with Crippen molar-refractivity contribution in [2.24, 2.45) is 0 Å². The van der Waals surface area contributed by atoms with E-state index in [1.54, 1.807) is 6.07 Å². The van der Waals surface area contributed by atoms with Crippen molar-refractivity contribution in [1.29, 1.82) is 0 Å². The van der Waals surface area contributed by atoms with Crippen LogP contribution in [0.1, 0.15) is 5.56 Å². The third kappa shape index (κ3) is 7.41. The molecule has 0 aliphatic carbocycles. The van der Waals surface area contributed by atoms with Gasteiger partial charge in [0.1, 0.15) is 12.4 Å². The first kappa shape index (κ1) is 18.8. The van der Waals surface area contributed by atoms with E-state index in [0.29, 0.717) is 0 Å². The van der Waals surface area contributed by atoms with Gasteiger partial charge in [0, 0.05) is 5.56 Å². The molecule has 0 aliphatic rings. The van der Waals surface area contributed by atoms with Crippen LogP contribution in [0.3, 0.4) is 0 Å². The van der Waals surface area contributed by atoms with Gasteiger partial charge in [-0.3, -0.25) is 0 Å². The van der Waals surface area contributed by atoms with Gasteiger partial charge in [0.2, 0.25) is 0 Å². The van der Waals surface area contributed by atoms with Gasteiger partial charge in [0.05, 0.1) is 21.1 Å². The van der Waals surface area contributed by atoms with Gasteiger partial charge in [-0.05, 0) is 6.07 Å². The lowest BCUT2D eigenvalue weighted by molar-refractivity contribution is -0.884. The summed E-state index contributed by atoms with van der Waals surface area (Å²) < 4.78 is 72.8. The maximum atomic E-state index is 13.1. The Labute approximate surface area is 115 Å². The zero-order valence-corrected chi connectivity index (χ0v) is 11.9. The second-order valence-electron chi connectivity index (χ2n) is 4.94. The predicted octanol–water partition coefficient (Wildman–Crippen LogP) is 2.08. The van der Waals surface area contributed by atoms with Crippen LogP contribution < -0.4 is 0 Å². The van der Waals surface area contributed by atoms with E-state index in [0.717, 1.165) is 16.6 Å². The van der Waals surface area contributed by atoms with Gasteiger partial charge in [0.15, 0.2) is 10.1 Å². The lowest BCUT2D eigenvalue weighted by atomic mass is 10.2. The van der Waals surface area contributed by atoms with Gasteiger partial charge < -0.3 is 9.04 Å². The summed E-state index contributed by atoms with van der Waals surface area (Å²) >= 11 is 0. The molecule has 0 atom stereocenters. The summed E-state index contributed by atoms with van der Waals surface area (Å²) in [5.41, 5.74) is -4.86. The molecule has 0 N–H and O–H groups in total. The van der Waals surface area contributed by atoms with Crippen molar-refractivity contribution in [2.45, 2.75) is 12.1 Å². The monoisotopic (exact) mass is 317 g/mol. The molecule has 0 radical (unpaired) electrons. The molecule has 1 aromatic carbocycles. The highest BCUT2D eigenvalue weighted by Crippen LogP contribution is 2.20. The van der Waals surface area contributed by atoms with Crippen molar-refractivity contribution in [3.05, 3.63) is 35.6 Å². The van der Waals surface area contributed by atoms with E-state index in [2.05, 4.69) is 0 Å². The van der Waals surface area contributed by atoms with Crippen molar-refractivity contribution >= 4 is 10.1 Å². The Hall–Kier alpha value is -1.19. The Morgan fingerprint density at radius 2 is 1.55 bits per heavy atom. The number of hydrogen-bond donors (Lipinski definition) is 0. The molecule has 0 spiro atoms. The summed E-state index contributed by atoms with van der Waals surface area (Å²) in [5.74, 6) is -0.106. The lowest BCUT2D eigenvalue weighted by Crippen LogP contribution is -2.33. The Balaban J connectivity index is 0.000000396. The summed E-state index contributed by atoms with van der Waals surface area (Å²) in [6, 6.07) is 6.92. The number of nitrogens with zero attached hydrogens (tertiary/aromatic N) is 1. The molecule has 9 heteroatoms. The van der Waals surface area contributed by atoms with Crippen molar-refractivity contribution in [3.63, 3.8) is 0 Å². The molecule has 0 heterocycles. The Morgan fingerprint density at radius 3 is 1.85 bits per heavy atom. The zero-order valence-electron chi connectivity index (χ0n) is 11.1. The number of hydrogen-bond acceptors (Lipinski definition) is 3. The number of halogens is 4. The molecule has 0 amide bonds. The molecule has 0 bridgehead atoms. The molecule has 1 rings (SSSR count). The third-order valence-corrected chi connectivity index (χ3v) is 2.45. The standard InChI is InChI=1S/C10H15FN.CHF3O3S/c1-12(2,3)8-9-6-4-5-7-10(9)11;2-1(3,4)8(5,6)7/h4-7H,8H2,1-3H3;(H,5,6,7)/q+1;/p-1. The van der Waals surface area contributed by atoms with Crippen LogP contribution in [-0.2, 0) is 16.7 Å². The van der Waals surface area contributed by atoms with E-state index in [9.17, 15) is 17.6 Å². The van der Waals surface area contributed by atoms with Gasteiger partial charge in [-0.2, -0.15) is 13.2 Å². The van der Waals surface area contributed by atoms with Gasteiger partial charge >= 0.3 is 5.51 Å². The molecule has 0 unspecified atom stereocenters. The number of rotatable bonds is 2. The van der Waals surface area contributed by atoms with Crippen molar-refractivity contribution in [1.82, 2.24) is 0 Å². The molecule has 0 saturated heterocycles. The van der Waals surface area contributed by atoms with Crippen LogP contribution in [-0.4, -0.2) is 44.1 Å². The predicted molar refractivity (Wildman–Crippen MR) is 63.9 cm³/mol. The average molecular weight is 317 g/mol. The van der Waals surface area contributed by atoms with Gasteiger partial charge in [0.25, 0.3) is 0 Å². The second-order valence-corrected chi connectivity index (χ2v) is 6.31. The molecule has 116 valence electrons. The molecular formula is C11H15F4NO3S. The van der Waals surface area contributed by atoms with Gasteiger partial charge in [-0.1, -0.05) is 18.2 Å². The number of quaternary nitrogens is 1. The Bertz CT molecular complexity index is 535. The highest BCUT2D eigenvalue weighted by molar-refractivity contribution is 7.86. The summed E-state index contributed by atoms with van der Waals surface area (Å²) in [7, 11) is 0.0539. The van der Waals surface area contributed by atoms with Crippen LogP contribution >= 0.6 is 0 Å². The number of alkyl halides is 3. The van der Waals surface area contributed by atoms with E-state index in [-0.39, 0.29) is 5.82 Å². The minimum atomic E-state index is -6.09. The minimum absolute atomic E-state index is 0.106. The normalized spacial score (nSPS) is 12.6. The summed E-state index contributed by atoms with van der Waals surface area (Å²) in [4.78, 5) is 0. The van der Waals surface area contributed by atoms with E-state index < -0.39 is 15.6 Å². The highest BCUT2D eigenvalue weighted by Gasteiger charge is 2.36. The minimum Gasteiger partial charge on any atom is -0.741 e. The maximum Gasteiger partial charge on any atom is 0.485 e. The molecule has 1 aromatic rings. The fourth-order valence-electron chi connectivity index (χ4n) is 1.14. The van der Waals surface area contributed by atoms with Crippen LogP contribution in [0, 0.1) is 5.82 Å². The lowest BCUT2D eigenvalue weighted by Gasteiger charge is -2.23. The molecule has 0 fully saturated rings. The SMILES string of the molecule is C[N+](C)(C)Cc1ccccc1F.O=S(=O)([O-])C(F)(F)F. The molecule has 20 heavy (non-hydrogen) atoms. The first-order valence-corrected chi connectivity index (χ1v) is 6.71. The molecule has 0 saturated carbocycles. The second kappa shape index (κ2) is 6.51. The Morgan fingerprint density at radius 1 is 1.15 bits per heavy atom. The number of benzene rings is 1. The maximum absolute atomic E-state index is 13.1. The fourth-order valence-corrected chi connectivity index (χ4v) is 1.14. The smallest absolute Gasteiger partial charge is 0.485 e. The topological polar surface area (TPSA) is 57.2 Å². The third-order valence-electron chi connectivity index (χ3n) is 1.89. The van der Waals surface area contributed by atoms with Crippen LogP contribution in [0.4, 0.5) is 17.6 Å².